The molecule has 0 saturated carbocycles. The summed E-state index contributed by atoms with van der Waals surface area (Å²) in [6.07, 6.45) is 1.55. The van der Waals surface area contributed by atoms with Crippen LogP contribution in [0.25, 0.3) is 0 Å². The van der Waals surface area contributed by atoms with E-state index in [2.05, 4.69) is 4.74 Å². The number of hydrogen-bond donors (Lipinski definition) is 0. The summed E-state index contributed by atoms with van der Waals surface area (Å²) in [4.78, 5) is 21.9. The van der Waals surface area contributed by atoms with E-state index in [1.165, 1.54) is 7.11 Å². The summed E-state index contributed by atoms with van der Waals surface area (Å²) in [5.41, 5.74) is 1.69. The van der Waals surface area contributed by atoms with E-state index in [-0.39, 0.29) is 18.2 Å². The summed E-state index contributed by atoms with van der Waals surface area (Å²) < 4.78 is 4.51. The summed E-state index contributed by atoms with van der Waals surface area (Å²) in [5.74, 6) is -0.104. The molecule has 0 aromatic rings. The van der Waals surface area contributed by atoms with E-state index in [9.17, 15) is 9.59 Å². The van der Waals surface area contributed by atoms with E-state index in [4.69, 9.17) is 0 Å². The molecule has 1 aliphatic rings. The molecule has 0 aromatic carbocycles. The van der Waals surface area contributed by atoms with Crippen molar-refractivity contribution in [2.75, 3.05) is 7.11 Å². The first-order valence-electron chi connectivity index (χ1n) is 3.93. The average molecular weight is 168 g/mol. The maximum Gasteiger partial charge on any atom is 0.309 e. The maximum atomic E-state index is 11.0. The number of rotatable bonds is 2. The Balaban J connectivity index is 2.64. The molecule has 0 saturated heterocycles. The number of carbonyl (C=O) groups excluding carboxylic acids is 2. The van der Waals surface area contributed by atoms with Crippen LogP contribution in [0.3, 0.4) is 0 Å². The van der Waals surface area contributed by atoms with Crippen LogP contribution in [0.2, 0.25) is 0 Å². The predicted molar refractivity (Wildman–Crippen MR) is 43.6 cm³/mol. The quantitative estimate of drug-likeness (QED) is 0.582. The van der Waals surface area contributed by atoms with Gasteiger partial charge in [0.05, 0.1) is 13.5 Å². The molecule has 3 heteroatoms. The fourth-order valence-corrected chi connectivity index (χ4v) is 1.30. The van der Waals surface area contributed by atoms with Gasteiger partial charge in [0, 0.05) is 6.42 Å². The predicted octanol–water partition coefficient (Wildman–Crippen LogP) is 1.23. The third kappa shape index (κ3) is 1.72. The lowest BCUT2D eigenvalue weighted by Crippen LogP contribution is -2.01. The normalized spacial score (nSPS) is 17.0. The summed E-state index contributed by atoms with van der Waals surface area (Å²) in [7, 11) is 1.36. The van der Waals surface area contributed by atoms with Gasteiger partial charge in [-0.05, 0) is 18.9 Å². The van der Waals surface area contributed by atoms with E-state index in [0.29, 0.717) is 6.42 Å². The van der Waals surface area contributed by atoms with Gasteiger partial charge < -0.3 is 4.74 Å². The number of carbonyl (C=O) groups is 2. The molecule has 0 radical (unpaired) electrons. The first-order chi connectivity index (χ1) is 5.65. The number of hydrogen-bond acceptors (Lipinski definition) is 3. The Labute approximate surface area is 71.4 Å². The Kier molecular flexibility index (Phi) is 2.63. The minimum atomic E-state index is -0.265. The molecule has 0 heterocycles. The molecule has 0 bridgehead atoms. The lowest BCUT2D eigenvalue weighted by molar-refractivity contribution is -0.139. The van der Waals surface area contributed by atoms with Gasteiger partial charge in [-0.25, -0.2) is 0 Å². The fourth-order valence-electron chi connectivity index (χ4n) is 1.30. The van der Waals surface area contributed by atoms with Crippen LogP contribution in [0, 0.1) is 0 Å². The van der Waals surface area contributed by atoms with Gasteiger partial charge in [0.1, 0.15) is 0 Å². The van der Waals surface area contributed by atoms with E-state index < -0.39 is 0 Å². The highest BCUT2D eigenvalue weighted by atomic mass is 16.5. The summed E-state index contributed by atoms with van der Waals surface area (Å²) in [5, 5.41) is 0. The summed E-state index contributed by atoms with van der Waals surface area (Å²) >= 11 is 0. The van der Waals surface area contributed by atoms with Crippen molar-refractivity contribution < 1.29 is 14.3 Å². The van der Waals surface area contributed by atoms with Crippen molar-refractivity contribution in [1.82, 2.24) is 0 Å². The van der Waals surface area contributed by atoms with Crippen LogP contribution in [0.15, 0.2) is 11.1 Å². The Morgan fingerprint density at radius 2 is 2.17 bits per heavy atom. The van der Waals surface area contributed by atoms with Crippen molar-refractivity contribution >= 4 is 11.8 Å². The molecule has 0 unspecified atom stereocenters. The van der Waals surface area contributed by atoms with Gasteiger partial charge in [0.2, 0.25) is 0 Å². The number of ketones is 1. The van der Waals surface area contributed by atoms with E-state index in [1.54, 1.807) is 6.92 Å². The highest BCUT2D eigenvalue weighted by Gasteiger charge is 2.20. The highest BCUT2D eigenvalue weighted by Crippen LogP contribution is 2.25. The molecular weight excluding hydrogens is 156 g/mol. The Morgan fingerprint density at radius 3 is 2.58 bits per heavy atom. The molecule has 0 spiro atoms. The molecular formula is C9H12O3. The molecule has 12 heavy (non-hydrogen) atoms. The minimum Gasteiger partial charge on any atom is -0.469 e. The molecule has 0 N–H and O–H groups in total. The Bertz CT molecular complexity index is 250. The second-order valence-corrected chi connectivity index (χ2v) is 2.90. The first kappa shape index (κ1) is 8.97. The zero-order valence-corrected chi connectivity index (χ0v) is 7.35. The largest absolute Gasteiger partial charge is 0.469 e. The van der Waals surface area contributed by atoms with E-state index in [0.717, 1.165) is 17.6 Å². The van der Waals surface area contributed by atoms with Gasteiger partial charge in [0.15, 0.2) is 5.78 Å². The SMILES string of the molecule is COC(=O)CC1=C(C)C(=O)CC1. The number of ether oxygens (including phenoxy) is 1. The van der Waals surface area contributed by atoms with E-state index >= 15 is 0 Å². The molecule has 0 atom stereocenters. The van der Waals surface area contributed by atoms with Crippen molar-refractivity contribution in [3.8, 4) is 0 Å². The van der Waals surface area contributed by atoms with Crippen LogP contribution < -0.4 is 0 Å². The highest BCUT2D eigenvalue weighted by molar-refractivity contribution is 5.99. The number of Topliss-reactive ketones (excluding diaryl/α,β-unsaturated/α-hetero) is 1. The standard InChI is InChI=1S/C9H12O3/c1-6-7(3-4-8(6)10)5-9(11)12-2/h3-5H2,1-2H3. The number of esters is 1. The van der Waals surface area contributed by atoms with Crippen LogP contribution in [0.4, 0.5) is 0 Å². The minimum absolute atomic E-state index is 0.161. The van der Waals surface area contributed by atoms with E-state index in [1.807, 2.05) is 0 Å². The summed E-state index contributed by atoms with van der Waals surface area (Å²) in [6, 6.07) is 0. The van der Waals surface area contributed by atoms with Gasteiger partial charge in [-0.1, -0.05) is 5.57 Å². The lowest BCUT2D eigenvalue weighted by atomic mass is 10.1. The second kappa shape index (κ2) is 3.52. The molecule has 0 aromatic heterocycles. The lowest BCUT2D eigenvalue weighted by Gasteiger charge is -2.00. The second-order valence-electron chi connectivity index (χ2n) is 2.90. The van der Waals surface area contributed by atoms with Crippen molar-refractivity contribution in [2.45, 2.75) is 26.2 Å². The van der Waals surface area contributed by atoms with Gasteiger partial charge in [-0.3, -0.25) is 9.59 Å². The molecule has 0 fully saturated rings. The van der Waals surface area contributed by atoms with Crippen molar-refractivity contribution in [3.05, 3.63) is 11.1 Å². The Hall–Kier alpha value is -1.12. The molecule has 0 aliphatic heterocycles. The van der Waals surface area contributed by atoms with Crippen LogP contribution in [0.5, 0.6) is 0 Å². The molecule has 1 aliphatic carbocycles. The van der Waals surface area contributed by atoms with Crippen LogP contribution in [-0.4, -0.2) is 18.9 Å². The van der Waals surface area contributed by atoms with Crippen LogP contribution >= 0.6 is 0 Å². The van der Waals surface area contributed by atoms with Crippen molar-refractivity contribution in [2.24, 2.45) is 0 Å². The van der Waals surface area contributed by atoms with Crippen molar-refractivity contribution in [1.29, 1.82) is 0 Å². The van der Waals surface area contributed by atoms with Crippen molar-refractivity contribution in [3.63, 3.8) is 0 Å². The third-order valence-corrected chi connectivity index (χ3v) is 2.19. The zero-order chi connectivity index (χ0) is 9.14. The first-order valence-corrected chi connectivity index (χ1v) is 3.93. The van der Waals surface area contributed by atoms with Gasteiger partial charge >= 0.3 is 5.97 Å². The Morgan fingerprint density at radius 1 is 1.50 bits per heavy atom. The van der Waals surface area contributed by atoms with Gasteiger partial charge in [0.25, 0.3) is 0 Å². The monoisotopic (exact) mass is 168 g/mol. The summed E-state index contributed by atoms with van der Waals surface area (Å²) in [6.45, 7) is 1.77. The van der Waals surface area contributed by atoms with Gasteiger partial charge in [-0.15, -0.1) is 0 Å². The third-order valence-electron chi connectivity index (χ3n) is 2.19. The molecule has 3 nitrogen and oxygen atoms in total. The average Bonchev–Trinajstić information content (AvgIpc) is 2.36. The molecule has 1 rings (SSSR count). The van der Waals surface area contributed by atoms with Crippen LogP contribution in [-0.2, 0) is 14.3 Å². The topological polar surface area (TPSA) is 43.4 Å². The van der Waals surface area contributed by atoms with Gasteiger partial charge in [-0.2, -0.15) is 0 Å². The number of allylic oxidation sites excluding steroid dienone is 1. The number of methoxy groups -OCH3 is 1. The smallest absolute Gasteiger partial charge is 0.309 e. The zero-order valence-electron chi connectivity index (χ0n) is 7.35. The maximum absolute atomic E-state index is 11.0. The van der Waals surface area contributed by atoms with Crippen LogP contribution in [0.1, 0.15) is 26.2 Å². The molecule has 66 valence electrons. The molecule has 0 amide bonds. The fraction of sp³-hybridized carbons (Fsp3) is 0.556.